The molecule has 0 aliphatic heterocycles. The lowest BCUT2D eigenvalue weighted by atomic mass is 10.0. The van der Waals surface area contributed by atoms with E-state index in [0.717, 1.165) is 5.56 Å². The molecule has 1 amide bonds. The highest BCUT2D eigenvalue weighted by Gasteiger charge is 2.21. The molecular formula is C16H16Cl2N2O. The van der Waals surface area contributed by atoms with Crippen molar-refractivity contribution in [2.24, 2.45) is 0 Å². The predicted molar refractivity (Wildman–Crippen MR) is 85.9 cm³/mol. The summed E-state index contributed by atoms with van der Waals surface area (Å²) in [6.07, 6.45) is 1.39. The highest BCUT2D eigenvalue weighted by molar-refractivity contribution is 6.35. The Morgan fingerprint density at radius 2 is 1.86 bits per heavy atom. The van der Waals surface area contributed by atoms with Gasteiger partial charge in [-0.25, -0.2) is 4.98 Å². The third-order valence-electron chi connectivity index (χ3n) is 3.51. The van der Waals surface area contributed by atoms with Crippen LogP contribution in [0.5, 0.6) is 0 Å². The molecule has 0 saturated carbocycles. The fourth-order valence-electron chi connectivity index (χ4n) is 2.01. The fourth-order valence-corrected chi connectivity index (χ4v) is 2.35. The van der Waals surface area contributed by atoms with Crippen LogP contribution >= 0.6 is 23.2 Å². The monoisotopic (exact) mass is 322 g/mol. The van der Waals surface area contributed by atoms with Gasteiger partial charge in [-0.2, -0.15) is 0 Å². The predicted octanol–water partition coefficient (Wildman–Crippen LogP) is 4.53. The molecule has 0 aliphatic rings. The number of amides is 1. The number of rotatable bonds is 3. The van der Waals surface area contributed by atoms with Crippen LogP contribution in [0.25, 0.3) is 0 Å². The number of benzene rings is 1. The number of halogens is 2. The van der Waals surface area contributed by atoms with Gasteiger partial charge in [-0.15, -0.1) is 0 Å². The number of aryl methyl sites for hydroxylation is 1. The van der Waals surface area contributed by atoms with E-state index >= 15 is 0 Å². The van der Waals surface area contributed by atoms with Crippen molar-refractivity contribution in [3.63, 3.8) is 0 Å². The average molecular weight is 323 g/mol. The SMILES string of the molecule is Cc1ccc(C(C)N(C)C(=O)c2cc(Cl)ncc2Cl)cc1. The van der Waals surface area contributed by atoms with Crippen LogP contribution in [0.15, 0.2) is 36.5 Å². The van der Waals surface area contributed by atoms with Crippen LogP contribution in [0.2, 0.25) is 10.2 Å². The summed E-state index contributed by atoms with van der Waals surface area (Å²) in [5.74, 6) is -0.183. The Labute approximate surface area is 134 Å². The van der Waals surface area contributed by atoms with E-state index in [1.54, 1.807) is 11.9 Å². The van der Waals surface area contributed by atoms with E-state index in [1.165, 1.54) is 17.8 Å². The molecule has 21 heavy (non-hydrogen) atoms. The van der Waals surface area contributed by atoms with Gasteiger partial charge in [0.1, 0.15) is 5.15 Å². The summed E-state index contributed by atoms with van der Waals surface area (Å²) in [6.45, 7) is 4.00. The summed E-state index contributed by atoms with van der Waals surface area (Å²) in [5, 5.41) is 0.548. The maximum absolute atomic E-state index is 12.6. The summed E-state index contributed by atoms with van der Waals surface area (Å²) < 4.78 is 0. The largest absolute Gasteiger partial charge is 0.335 e. The van der Waals surface area contributed by atoms with E-state index in [-0.39, 0.29) is 17.1 Å². The highest BCUT2D eigenvalue weighted by Crippen LogP contribution is 2.25. The second kappa shape index (κ2) is 6.46. The Morgan fingerprint density at radius 1 is 1.24 bits per heavy atom. The molecule has 1 heterocycles. The number of hydrogen-bond acceptors (Lipinski definition) is 2. The topological polar surface area (TPSA) is 33.2 Å². The maximum Gasteiger partial charge on any atom is 0.255 e. The zero-order chi connectivity index (χ0) is 15.6. The molecule has 0 bridgehead atoms. The van der Waals surface area contributed by atoms with Crippen molar-refractivity contribution in [2.75, 3.05) is 7.05 Å². The van der Waals surface area contributed by atoms with E-state index in [2.05, 4.69) is 4.98 Å². The van der Waals surface area contributed by atoms with Gasteiger partial charge in [0, 0.05) is 13.2 Å². The first-order chi connectivity index (χ1) is 9.90. The smallest absolute Gasteiger partial charge is 0.255 e. The Bertz CT molecular complexity index is 656. The zero-order valence-corrected chi connectivity index (χ0v) is 13.6. The van der Waals surface area contributed by atoms with Crippen LogP contribution in [0, 0.1) is 6.92 Å². The lowest BCUT2D eigenvalue weighted by Gasteiger charge is -2.26. The minimum Gasteiger partial charge on any atom is -0.335 e. The second-order valence-corrected chi connectivity index (χ2v) is 5.78. The van der Waals surface area contributed by atoms with E-state index < -0.39 is 0 Å². The van der Waals surface area contributed by atoms with Crippen LogP contribution in [-0.4, -0.2) is 22.8 Å². The van der Waals surface area contributed by atoms with Crippen LogP contribution in [0.3, 0.4) is 0 Å². The maximum atomic E-state index is 12.6. The lowest BCUT2D eigenvalue weighted by molar-refractivity contribution is 0.0742. The van der Waals surface area contributed by atoms with Gasteiger partial charge in [-0.3, -0.25) is 4.79 Å². The first kappa shape index (κ1) is 15.8. The summed E-state index contributed by atoms with van der Waals surface area (Å²) in [5.41, 5.74) is 2.61. The second-order valence-electron chi connectivity index (χ2n) is 4.99. The molecule has 0 saturated heterocycles. The Morgan fingerprint density at radius 3 is 2.48 bits per heavy atom. The summed E-state index contributed by atoms with van der Waals surface area (Å²) in [7, 11) is 1.75. The Kier molecular flexibility index (Phi) is 4.86. The quantitative estimate of drug-likeness (QED) is 0.778. The normalized spacial score (nSPS) is 12.0. The van der Waals surface area contributed by atoms with Gasteiger partial charge in [-0.1, -0.05) is 53.0 Å². The molecule has 3 nitrogen and oxygen atoms in total. The molecule has 0 aliphatic carbocycles. The van der Waals surface area contributed by atoms with Crippen LogP contribution in [-0.2, 0) is 0 Å². The minimum atomic E-state index is -0.183. The van der Waals surface area contributed by atoms with Crippen molar-refractivity contribution in [2.45, 2.75) is 19.9 Å². The number of nitrogens with zero attached hydrogens (tertiary/aromatic N) is 2. The first-order valence-electron chi connectivity index (χ1n) is 6.55. The van der Waals surface area contributed by atoms with Gasteiger partial charge >= 0.3 is 0 Å². The third-order valence-corrected chi connectivity index (χ3v) is 4.02. The summed E-state index contributed by atoms with van der Waals surface area (Å²) in [6, 6.07) is 9.52. The molecule has 2 rings (SSSR count). The average Bonchev–Trinajstić information content (AvgIpc) is 2.48. The lowest BCUT2D eigenvalue weighted by Crippen LogP contribution is -2.30. The molecule has 1 unspecified atom stereocenters. The van der Waals surface area contributed by atoms with Crippen molar-refractivity contribution >= 4 is 29.1 Å². The highest BCUT2D eigenvalue weighted by atomic mass is 35.5. The summed E-state index contributed by atoms with van der Waals surface area (Å²) >= 11 is 11.9. The first-order valence-corrected chi connectivity index (χ1v) is 7.30. The van der Waals surface area contributed by atoms with Crippen molar-refractivity contribution in [3.8, 4) is 0 Å². The van der Waals surface area contributed by atoms with Gasteiger partial charge in [0.25, 0.3) is 5.91 Å². The zero-order valence-electron chi connectivity index (χ0n) is 12.1. The Hall–Kier alpha value is -1.58. The van der Waals surface area contributed by atoms with Crippen LogP contribution in [0.4, 0.5) is 0 Å². The van der Waals surface area contributed by atoms with Gasteiger partial charge < -0.3 is 4.90 Å². The standard InChI is InChI=1S/C16H16Cl2N2O/c1-10-4-6-12(7-5-10)11(2)20(3)16(21)13-8-15(18)19-9-14(13)17/h4-9,11H,1-3H3. The molecule has 2 aromatic rings. The van der Waals surface area contributed by atoms with Gasteiger partial charge in [0.05, 0.1) is 16.6 Å². The molecule has 1 aromatic heterocycles. The summed E-state index contributed by atoms with van der Waals surface area (Å²) in [4.78, 5) is 18.1. The van der Waals surface area contributed by atoms with E-state index in [4.69, 9.17) is 23.2 Å². The third kappa shape index (κ3) is 3.55. The molecule has 1 aromatic carbocycles. The van der Waals surface area contributed by atoms with E-state index in [1.807, 2.05) is 38.1 Å². The number of hydrogen-bond donors (Lipinski definition) is 0. The molecule has 0 radical (unpaired) electrons. The molecular weight excluding hydrogens is 307 g/mol. The van der Waals surface area contributed by atoms with E-state index in [0.29, 0.717) is 10.6 Å². The molecule has 1 atom stereocenters. The van der Waals surface area contributed by atoms with Crippen molar-refractivity contribution in [1.82, 2.24) is 9.88 Å². The van der Waals surface area contributed by atoms with Gasteiger partial charge in [-0.05, 0) is 25.5 Å². The van der Waals surface area contributed by atoms with Crippen molar-refractivity contribution < 1.29 is 4.79 Å². The van der Waals surface area contributed by atoms with Gasteiger partial charge in [0.2, 0.25) is 0 Å². The Balaban J connectivity index is 2.26. The number of carbonyl (C=O) groups is 1. The van der Waals surface area contributed by atoms with Crippen LogP contribution in [0.1, 0.15) is 34.5 Å². The van der Waals surface area contributed by atoms with Crippen LogP contribution < -0.4 is 0 Å². The molecule has 0 spiro atoms. The number of carbonyl (C=O) groups excluding carboxylic acids is 1. The molecule has 0 fully saturated rings. The minimum absolute atomic E-state index is 0.0684. The molecule has 0 N–H and O–H groups in total. The molecule has 110 valence electrons. The number of pyridine rings is 1. The number of aromatic nitrogens is 1. The van der Waals surface area contributed by atoms with Crippen molar-refractivity contribution in [1.29, 1.82) is 0 Å². The van der Waals surface area contributed by atoms with Crippen molar-refractivity contribution in [3.05, 3.63) is 63.4 Å². The fraction of sp³-hybridized carbons (Fsp3) is 0.250. The van der Waals surface area contributed by atoms with E-state index in [9.17, 15) is 4.79 Å². The van der Waals surface area contributed by atoms with Gasteiger partial charge in [0.15, 0.2) is 0 Å². The molecule has 5 heteroatoms.